The summed E-state index contributed by atoms with van der Waals surface area (Å²) in [4.78, 5) is 13.2. The lowest BCUT2D eigenvalue weighted by atomic mass is 10.1. The Kier molecular flexibility index (Phi) is 4.09. The number of thioether (sulfide) groups is 1. The number of carbonyl (C=O) groups is 1. The van der Waals surface area contributed by atoms with Crippen LogP contribution in [0.2, 0.25) is 0 Å². The molecule has 6 nitrogen and oxygen atoms in total. The Morgan fingerprint density at radius 3 is 2.76 bits per heavy atom. The summed E-state index contributed by atoms with van der Waals surface area (Å²) < 4.78 is 5.70. The standard InChI is InChI=1S/C17H17N5OS2/c1-9-4-5-12(6-10(9)2)22-16(13-7-24-8-14(13)20-22)18-17(23)15-11(3)19-21-25-15/h4-6H,7-8H2,1-3H3,(H,18,23). The molecule has 0 aliphatic carbocycles. The van der Waals surface area contributed by atoms with Crippen LogP contribution in [0, 0.1) is 20.8 Å². The lowest BCUT2D eigenvalue weighted by molar-refractivity contribution is 0.102. The molecule has 2 aromatic heterocycles. The summed E-state index contributed by atoms with van der Waals surface area (Å²) in [7, 11) is 0. The zero-order chi connectivity index (χ0) is 17.6. The van der Waals surface area contributed by atoms with Crippen LogP contribution in [0.4, 0.5) is 5.82 Å². The van der Waals surface area contributed by atoms with Crippen molar-refractivity contribution >= 4 is 35.0 Å². The third kappa shape index (κ3) is 2.85. The number of benzene rings is 1. The van der Waals surface area contributed by atoms with Gasteiger partial charge in [0.15, 0.2) is 0 Å². The molecule has 128 valence electrons. The van der Waals surface area contributed by atoms with Crippen LogP contribution in [0.25, 0.3) is 5.69 Å². The zero-order valence-electron chi connectivity index (χ0n) is 14.2. The van der Waals surface area contributed by atoms with E-state index in [1.54, 1.807) is 6.92 Å². The normalized spacial score (nSPS) is 13.1. The van der Waals surface area contributed by atoms with Crippen molar-refractivity contribution in [2.75, 3.05) is 5.32 Å². The highest BCUT2D eigenvalue weighted by Gasteiger charge is 2.26. The quantitative estimate of drug-likeness (QED) is 0.761. The van der Waals surface area contributed by atoms with E-state index >= 15 is 0 Å². The van der Waals surface area contributed by atoms with Crippen LogP contribution in [0.1, 0.15) is 37.7 Å². The second kappa shape index (κ2) is 6.27. The molecule has 8 heteroatoms. The smallest absolute Gasteiger partial charge is 0.270 e. The van der Waals surface area contributed by atoms with E-state index in [0.717, 1.165) is 45.8 Å². The first kappa shape index (κ1) is 16.3. The minimum Gasteiger partial charge on any atom is -0.305 e. The molecule has 0 fully saturated rings. The average Bonchev–Trinajstić information content (AvgIpc) is 3.27. The number of fused-ring (bicyclic) bond motifs is 1. The highest BCUT2D eigenvalue weighted by molar-refractivity contribution is 7.98. The van der Waals surface area contributed by atoms with E-state index in [2.05, 4.69) is 40.9 Å². The van der Waals surface area contributed by atoms with Gasteiger partial charge in [-0.2, -0.15) is 16.9 Å². The second-order valence-electron chi connectivity index (χ2n) is 6.09. The van der Waals surface area contributed by atoms with Crippen LogP contribution in [0.15, 0.2) is 18.2 Å². The lowest BCUT2D eigenvalue weighted by Gasteiger charge is -2.12. The minimum atomic E-state index is -0.183. The summed E-state index contributed by atoms with van der Waals surface area (Å²) in [6, 6.07) is 6.21. The molecule has 0 atom stereocenters. The Bertz CT molecular complexity index is 976. The molecule has 3 aromatic rings. The Morgan fingerprint density at radius 2 is 2.04 bits per heavy atom. The number of amides is 1. The van der Waals surface area contributed by atoms with E-state index in [4.69, 9.17) is 5.10 Å². The fourth-order valence-corrected chi connectivity index (χ4v) is 4.38. The molecular formula is C17H17N5OS2. The summed E-state index contributed by atoms with van der Waals surface area (Å²) in [6.07, 6.45) is 0. The average molecular weight is 371 g/mol. The largest absolute Gasteiger partial charge is 0.305 e. The lowest BCUT2D eigenvalue weighted by Crippen LogP contribution is -2.16. The van der Waals surface area contributed by atoms with E-state index < -0.39 is 0 Å². The van der Waals surface area contributed by atoms with Crippen LogP contribution in [0.3, 0.4) is 0 Å². The van der Waals surface area contributed by atoms with Crippen molar-refractivity contribution in [1.29, 1.82) is 0 Å². The van der Waals surface area contributed by atoms with Crippen LogP contribution < -0.4 is 5.32 Å². The zero-order valence-corrected chi connectivity index (χ0v) is 15.8. The number of hydrogen-bond acceptors (Lipinski definition) is 6. The maximum Gasteiger partial charge on any atom is 0.270 e. The molecule has 1 aliphatic heterocycles. The van der Waals surface area contributed by atoms with Crippen molar-refractivity contribution in [2.45, 2.75) is 32.3 Å². The van der Waals surface area contributed by atoms with Gasteiger partial charge in [0.2, 0.25) is 0 Å². The van der Waals surface area contributed by atoms with Gasteiger partial charge in [-0.25, -0.2) is 4.68 Å². The summed E-state index contributed by atoms with van der Waals surface area (Å²) in [5, 5.41) is 11.7. The topological polar surface area (TPSA) is 72.7 Å². The van der Waals surface area contributed by atoms with Crippen LogP contribution in [-0.2, 0) is 11.5 Å². The molecule has 0 saturated heterocycles. The van der Waals surface area contributed by atoms with Gasteiger partial charge in [-0.15, -0.1) is 5.10 Å². The van der Waals surface area contributed by atoms with Gasteiger partial charge >= 0.3 is 0 Å². The highest BCUT2D eigenvalue weighted by Crippen LogP contribution is 2.36. The molecular weight excluding hydrogens is 354 g/mol. The number of anilines is 1. The number of hydrogen-bond donors (Lipinski definition) is 1. The SMILES string of the molecule is Cc1ccc(-n2nc3c(c2NC(=O)c2snnc2C)CSC3)cc1C. The molecule has 1 N–H and O–H groups in total. The van der Waals surface area contributed by atoms with Crippen molar-refractivity contribution in [1.82, 2.24) is 19.4 Å². The number of nitrogens with zero attached hydrogens (tertiary/aromatic N) is 4. The predicted molar refractivity (Wildman–Crippen MR) is 101 cm³/mol. The fourth-order valence-electron chi connectivity index (χ4n) is 2.79. The van der Waals surface area contributed by atoms with Gasteiger partial charge in [0.25, 0.3) is 5.91 Å². The monoisotopic (exact) mass is 371 g/mol. The molecule has 0 bridgehead atoms. The molecule has 4 rings (SSSR count). The van der Waals surface area contributed by atoms with Crippen molar-refractivity contribution < 1.29 is 4.79 Å². The number of carbonyl (C=O) groups excluding carboxylic acids is 1. The van der Waals surface area contributed by atoms with Gasteiger partial charge in [-0.1, -0.05) is 10.6 Å². The number of aromatic nitrogens is 4. The van der Waals surface area contributed by atoms with Crippen LogP contribution in [0.5, 0.6) is 0 Å². The molecule has 1 aliphatic rings. The van der Waals surface area contributed by atoms with Crippen molar-refractivity contribution in [3.05, 3.63) is 51.2 Å². The highest BCUT2D eigenvalue weighted by atomic mass is 32.2. The van der Waals surface area contributed by atoms with E-state index in [0.29, 0.717) is 10.6 Å². The maximum absolute atomic E-state index is 12.7. The maximum atomic E-state index is 12.7. The van der Waals surface area contributed by atoms with Crippen LogP contribution in [-0.4, -0.2) is 25.3 Å². The predicted octanol–water partition coefficient (Wildman–Crippen LogP) is 3.65. The third-order valence-electron chi connectivity index (χ3n) is 4.38. The summed E-state index contributed by atoms with van der Waals surface area (Å²) >= 11 is 2.92. The van der Waals surface area contributed by atoms with Crippen molar-refractivity contribution in [2.24, 2.45) is 0 Å². The fraction of sp³-hybridized carbons (Fsp3) is 0.294. The summed E-state index contributed by atoms with van der Waals surface area (Å²) in [5.74, 6) is 2.30. The number of rotatable bonds is 3. The van der Waals surface area contributed by atoms with E-state index in [1.807, 2.05) is 22.5 Å². The second-order valence-corrected chi connectivity index (χ2v) is 7.83. The molecule has 0 unspecified atom stereocenters. The minimum absolute atomic E-state index is 0.183. The van der Waals surface area contributed by atoms with E-state index in [9.17, 15) is 4.79 Å². The van der Waals surface area contributed by atoms with Gasteiger partial charge in [0.05, 0.1) is 17.1 Å². The molecule has 1 aromatic carbocycles. The third-order valence-corrected chi connectivity index (χ3v) is 6.17. The van der Waals surface area contributed by atoms with Crippen molar-refractivity contribution in [3.63, 3.8) is 0 Å². The molecule has 0 saturated carbocycles. The first-order valence-corrected chi connectivity index (χ1v) is 9.84. The van der Waals surface area contributed by atoms with Crippen LogP contribution >= 0.6 is 23.3 Å². The van der Waals surface area contributed by atoms with Gasteiger partial charge in [-0.3, -0.25) is 4.79 Å². The van der Waals surface area contributed by atoms with Gasteiger partial charge in [-0.05, 0) is 55.6 Å². The molecule has 0 spiro atoms. The Labute approximate surface area is 153 Å². The molecule has 25 heavy (non-hydrogen) atoms. The summed E-state index contributed by atoms with van der Waals surface area (Å²) in [6.45, 7) is 5.96. The van der Waals surface area contributed by atoms with Gasteiger partial charge in [0, 0.05) is 17.1 Å². The van der Waals surface area contributed by atoms with E-state index in [1.165, 1.54) is 11.1 Å². The molecule has 3 heterocycles. The first-order chi connectivity index (χ1) is 12.0. The van der Waals surface area contributed by atoms with Gasteiger partial charge in [0.1, 0.15) is 10.7 Å². The molecule has 1 amide bonds. The Balaban J connectivity index is 1.77. The van der Waals surface area contributed by atoms with Crippen molar-refractivity contribution in [3.8, 4) is 5.69 Å². The van der Waals surface area contributed by atoms with E-state index in [-0.39, 0.29) is 5.91 Å². The Hall–Kier alpha value is -2.19. The van der Waals surface area contributed by atoms with Gasteiger partial charge < -0.3 is 5.32 Å². The summed E-state index contributed by atoms with van der Waals surface area (Å²) in [5.41, 5.74) is 6.17. The Morgan fingerprint density at radius 1 is 1.20 bits per heavy atom. The number of aryl methyl sites for hydroxylation is 3. The number of nitrogens with one attached hydrogen (secondary N) is 1. The first-order valence-electron chi connectivity index (χ1n) is 7.91. The molecule has 0 radical (unpaired) electrons.